The highest BCUT2D eigenvalue weighted by Gasteiger charge is 2.33. The molecule has 0 saturated heterocycles. The first kappa shape index (κ1) is 23.5. The number of nitrogens with one attached hydrogen (secondary N) is 2. The van der Waals surface area contributed by atoms with Crippen LogP contribution in [-0.2, 0) is 10.4 Å². The van der Waals surface area contributed by atoms with Crippen LogP contribution in [0.4, 0.5) is 0 Å². The van der Waals surface area contributed by atoms with E-state index < -0.39 is 10.4 Å². The normalized spacial score (nSPS) is 16.6. The lowest BCUT2D eigenvalue weighted by molar-refractivity contribution is -0.958. The Morgan fingerprint density at radius 2 is 1.50 bits per heavy atom. The molecule has 0 aromatic carbocycles. The molecule has 0 aromatic rings. The van der Waals surface area contributed by atoms with Crippen molar-refractivity contribution in [1.29, 1.82) is 0 Å². The molecule has 0 aliphatic heterocycles. The summed E-state index contributed by atoms with van der Waals surface area (Å²) in [6, 6.07) is 0. The molecule has 0 bridgehead atoms. The molecule has 9 heteroatoms. The number of hydrogen-bond donors (Lipinski definition) is 4. The van der Waals surface area contributed by atoms with Crippen LogP contribution in [0.5, 0.6) is 0 Å². The van der Waals surface area contributed by atoms with E-state index in [0.29, 0.717) is 6.54 Å². The first-order valence-corrected chi connectivity index (χ1v) is 8.22. The van der Waals surface area contributed by atoms with Crippen molar-refractivity contribution >= 4 is 10.4 Å². The van der Waals surface area contributed by atoms with E-state index in [1.165, 1.54) is 0 Å². The zero-order valence-electron chi connectivity index (χ0n) is 13.5. The summed E-state index contributed by atoms with van der Waals surface area (Å²) >= 11 is 0. The van der Waals surface area contributed by atoms with Crippen LogP contribution in [0.25, 0.3) is 0 Å². The van der Waals surface area contributed by atoms with Gasteiger partial charge < -0.3 is 9.66 Å². The number of aliphatic hydroxyl groups is 1. The Hall–Kier alpha value is -0.810. The summed E-state index contributed by atoms with van der Waals surface area (Å²) in [5.41, 5.74) is 0. The fourth-order valence-corrected chi connectivity index (χ4v) is 1.86. The van der Waals surface area contributed by atoms with Crippen LogP contribution in [0, 0.1) is 0 Å². The molecule has 0 aromatic heterocycles. The van der Waals surface area contributed by atoms with Crippen LogP contribution in [0.1, 0.15) is 13.8 Å². The van der Waals surface area contributed by atoms with E-state index in [4.69, 9.17) is 17.5 Å². The van der Waals surface area contributed by atoms with Gasteiger partial charge in [0.05, 0.1) is 13.7 Å². The number of rotatable bonds is 10. The van der Waals surface area contributed by atoms with E-state index in [0.717, 1.165) is 17.6 Å². The maximum atomic E-state index is 9.24. The van der Waals surface area contributed by atoms with E-state index >= 15 is 0 Å². The van der Waals surface area contributed by atoms with Crippen molar-refractivity contribution in [1.82, 2.24) is 10.6 Å². The summed E-state index contributed by atoms with van der Waals surface area (Å²) in [5, 5.41) is 16.0. The highest BCUT2D eigenvalue weighted by Crippen LogP contribution is 2.12. The van der Waals surface area contributed by atoms with Gasteiger partial charge in [-0.15, -0.1) is 13.2 Å². The molecule has 8 nitrogen and oxygen atoms in total. The van der Waals surface area contributed by atoms with Crippen molar-refractivity contribution in [2.24, 2.45) is 0 Å². The quantitative estimate of drug-likeness (QED) is 0.141. The van der Waals surface area contributed by atoms with Crippen molar-refractivity contribution in [2.45, 2.75) is 26.2 Å². The topological polar surface area (TPSA) is 122 Å². The molecule has 4 N–H and O–H groups in total. The van der Waals surface area contributed by atoms with Crippen molar-refractivity contribution in [3.05, 3.63) is 25.3 Å². The molecular weight excluding hydrogens is 310 g/mol. The second-order valence-electron chi connectivity index (χ2n) is 4.97. The van der Waals surface area contributed by atoms with Gasteiger partial charge in [0, 0.05) is 26.9 Å². The van der Waals surface area contributed by atoms with Gasteiger partial charge in [-0.25, -0.2) is 8.42 Å². The van der Waals surface area contributed by atoms with Gasteiger partial charge in [-0.1, -0.05) is 12.2 Å². The predicted molar refractivity (Wildman–Crippen MR) is 85.8 cm³/mol. The summed E-state index contributed by atoms with van der Waals surface area (Å²) in [4.78, 5) is 0. The second-order valence-corrected chi connectivity index (χ2v) is 5.82. The van der Waals surface area contributed by atoms with E-state index in [1.807, 2.05) is 12.2 Å². The van der Waals surface area contributed by atoms with Crippen molar-refractivity contribution in [3.63, 3.8) is 0 Å². The zero-order valence-corrected chi connectivity index (χ0v) is 14.3. The highest BCUT2D eigenvalue weighted by molar-refractivity contribution is 7.79. The van der Waals surface area contributed by atoms with Crippen molar-refractivity contribution in [3.8, 4) is 0 Å². The summed E-state index contributed by atoms with van der Waals surface area (Å²) in [6.07, 6.45) is 4.18. The molecule has 22 heavy (non-hydrogen) atoms. The SMILES string of the molecule is C=CCNC(C)[N+](C)(CCO)C(C)NCC=C.O=S(=O)([O-])O. The first-order chi connectivity index (χ1) is 10.0. The Bertz CT molecular complexity index is 388. The van der Waals surface area contributed by atoms with Gasteiger partial charge in [0.15, 0.2) is 0 Å². The van der Waals surface area contributed by atoms with E-state index in [2.05, 4.69) is 44.7 Å². The molecule has 0 aliphatic carbocycles. The molecule has 0 saturated carbocycles. The molecule has 0 rings (SSSR count). The van der Waals surface area contributed by atoms with Crippen LogP contribution >= 0.6 is 0 Å². The third kappa shape index (κ3) is 11.8. The standard InChI is InChI=1S/C13H28N3O.H2O4S/c1-6-8-14-12(3)16(5,10-11-17)13(4)15-9-7-2;1-5(2,3)4/h6-7,12-15,17H,1-2,8-11H2,3-5H3;(H2,1,2,3,4)/q+1;/p-1. The lowest BCUT2D eigenvalue weighted by Gasteiger charge is -2.44. The molecule has 0 fully saturated rings. The summed E-state index contributed by atoms with van der Waals surface area (Å²) < 4.78 is 33.6. The van der Waals surface area contributed by atoms with E-state index in [9.17, 15) is 5.11 Å². The molecule has 0 spiro atoms. The average Bonchev–Trinajstić information content (AvgIpc) is 2.40. The Labute approximate surface area is 133 Å². The maximum absolute atomic E-state index is 9.24. The molecule has 0 amide bonds. The molecular formula is C13H29N3O5S. The van der Waals surface area contributed by atoms with Crippen LogP contribution in [0.2, 0.25) is 0 Å². The van der Waals surface area contributed by atoms with Gasteiger partial charge in [-0.05, 0) is 0 Å². The second kappa shape index (κ2) is 11.7. The van der Waals surface area contributed by atoms with Crippen LogP contribution in [0.15, 0.2) is 25.3 Å². The number of likely N-dealkylation sites (N-methyl/N-ethyl adjacent to an activating group) is 1. The third-order valence-corrected chi connectivity index (χ3v) is 3.47. The molecule has 0 aliphatic rings. The summed E-state index contributed by atoms with van der Waals surface area (Å²) in [7, 11) is -2.78. The van der Waals surface area contributed by atoms with E-state index in [-0.39, 0.29) is 18.9 Å². The number of hydrogen-bond acceptors (Lipinski definition) is 6. The minimum atomic E-state index is -4.92. The van der Waals surface area contributed by atoms with Gasteiger partial charge in [0.25, 0.3) is 0 Å². The third-order valence-electron chi connectivity index (χ3n) is 3.47. The Morgan fingerprint density at radius 1 is 1.18 bits per heavy atom. The summed E-state index contributed by atoms with van der Waals surface area (Å²) in [6.45, 7) is 14.1. The lowest BCUT2D eigenvalue weighted by atomic mass is 10.2. The molecule has 2 unspecified atom stereocenters. The Kier molecular flexibility index (Phi) is 12.5. The first-order valence-electron chi connectivity index (χ1n) is 6.85. The highest BCUT2D eigenvalue weighted by atomic mass is 32.3. The van der Waals surface area contributed by atoms with Crippen LogP contribution < -0.4 is 10.6 Å². The monoisotopic (exact) mass is 339 g/mol. The number of nitrogens with zero attached hydrogens (tertiary/aromatic N) is 1. The zero-order chi connectivity index (χ0) is 17.8. The average molecular weight is 339 g/mol. The molecule has 0 radical (unpaired) electrons. The number of aliphatic hydroxyl groups excluding tert-OH is 1. The number of quaternary nitrogens is 1. The largest absolute Gasteiger partial charge is 0.726 e. The smallest absolute Gasteiger partial charge is 0.215 e. The van der Waals surface area contributed by atoms with Crippen molar-refractivity contribution < 1.29 is 27.1 Å². The van der Waals surface area contributed by atoms with Gasteiger partial charge >= 0.3 is 0 Å². The van der Waals surface area contributed by atoms with Crippen molar-refractivity contribution in [2.75, 3.05) is 33.3 Å². The van der Waals surface area contributed by atoms with Gasteiger partial charge in [0.2, 0.25) is 10.4 Å². The maximum Gasteiger partial charge on any atom is 0.215 e. The van der Waals surface area contributed by atoms with E-state index in [1.54, 1.807) is 0 Å². The van der Waals surface area contributed by atoms with Crippen LogP contribution in [-0.4, -0.2) is 72.7 Å². The lowest BCUT2D eigenvalue weighted by Crippen LogP contribution is -2.66. The Balaban J connectivity index is 0. The predicted octanol–water partition coefficient (Wildman–Crippen LogP) is -0.327. The fraction of sp³-hybridized carbons (Fsp3) is 0.692. The van der Waals surface area contributed by atoms with Gasteiger partial charge in [-0.3, -0.25) is 19.7 Å². The minimum absolute atomic E-state index is 0.177. The van der Waals surface area contributed by atoms with Gasteiger partial charge in [-0.2, -0.15) is 0 Å². The summed E-state index contributed by atoms with van der Waals surface area (Å²) in [5.74, 6) is 0. The fourth-order valence-electron chi connectivity index (χ4n) is 1.86. The van der Waals surface area contributed by atoms with Crippen LogP contribution in [0.3, 0.4) is 0 Å². The molecule has 0 heterocycles. The Morgan fingerprint density at radius 3 is 1.73 bits per heavy atom. The molecule has 2 atom stereocenters. The molecule has 132 valence electrons. The minimum Gasteiger partial charge on any atom is -0.726 e. The van der Waals surface area contributed by atoms with Gasteiger partial charge in [0.1, 0.15) is 18.9 Å².